The second-order valence-corrected chi connectivity index (χ2v) is 6.30. The van der Waals surface area contributed by atoms with Gasteiger partial charge in [-0.2, -0.15) is 31.4 Å². The van der Waals surface area contributed by atoms with Crippen LogP contribution in [0.4, 0.5) is 26.3 Å². The summed E-state index contributed by atoms with van der Waals surface area (Å²) < 4.78 is 86.2. The van der Waals surface area contributed by atoms with Gasteiger partial charge in [0.1, 0.15) is 17.8 Å². The van der Waals surface area contributed by atoms with Crippen LogP contribution >= 0.6 is 0 Å². The molecule has 0 atom stereocenters. The van der Waals surface area contributed by atoms with E-state index in [-0.39, 0.29) is 22.9 Å². The summed E-state index contributed by atoms with van der Waals surface area (Å²) in [6.07, 6.45) is -8.01. The Balaban J connectivity index is 2.02. The minimum Gasteiger partial charge on any atom is -0.484 e. The molecule has 0 aliphatic carbocycles. The molecule has 0 aliphatic heterocycles. The maximum Gasteiger partial charge on any atom is 0.422 e. The van der Waals surface area contributed by atoms with Crippen LogP contribution in [0, 0.1) is 6.92 Å². The van der Waals surface area contributed by atoms with Gasteiger partial charge in [0.2, 0.25) is 0 Å². The van der Waals surface area contributed by atoms with Crippen molar-refractivity contribution in [1.29, 1.82) is 0 Å². The van der Waals surface area contributed by atoms with Crippen molar-refractivity contribution in [2.75, 3.05) is 13.2 Å². The normalized spacial score (nSPS) is 12.1. The zero-order valence-corrected chi connectivity index (χ0v) is 15.5. The van der Waals surface area contributed by atoms with Crippen LogP contribution in [0.5, 0.6) is 11.5 Å². The van der Waals surface area contributed by atoms with Crippen molar-refractivity contribution in [3.05, 3.63) is 54.4 Å². The van der Waals surface area contributed by atoms with Crippen molar-refractivity contribution in [3.63, 3.8) is 0 Å². The molecule has 0 amide bonds. The Morgan fingerprint density at radius 2 is 1.50 bits per heavy atom. The number of aromatic nitrogens is 3. The van der Waals surface area contributed by atoms with Gasteiger partial charge in [-0.3, -0.25) is 0 Å². The van der Waals surface area contributed by atoms with Gasteiger partial charge < -0.3 is 9.47 Å². The van der Waals surface area contributed by atoms with Crippen molar-refractivity contribution in [2.45, 2.75) is 19.3 Å². The fourth-order valence-corrected chi connectivity index (χ4v) is 2.52. The third kappa shape index (κ3) is 5.65. The molecule has 0 N–H and O–H groups in total. The molecule has 0 saturated carbocycles. The second kappa shape index (κ2) is 8.25. The van der Waals surface area contributed by atoms with E-state index in [0.717, 1.165) is 23.8 Å². The SMILES string of the molecule is Cc1ccc(-n2ncnc2-c2cc(OCC(F)(F)F)ccc2OCC(F)(F)F)cc1. The molecule has 0 radical (unpaired) electrons. The van der Waals surface area contributed by atoms with Crippen molar-refractivity contribution in [2.24, 2.45) is 0 Å². The van der Waals surface area contributed by atoms with E-state index in [1.54, 1.807) is 24.3 Å². The van der Waals surface area contributed by atoms with Crippen LogP contribution in [-0.4, -0.2) is 40.3 Å². The van der Waals surface area contributed by atoms with Crippen molar-refractivity contribution in [3.8, 4) is 28.6 Å². The van der Waals surface area contributed by atoms with Gasteiger partial charge in [-0.15, -0.1) is 0 Å². The molecule has 2 aromatic carbocycles. The number of rotatable bonds is 6. The fraction of sp³-hybridized carbons (Fsp3) is 0.263. The summed E-state index contributed by atoms with van der Waals surface area (Å²) >= 11 is 0. The predicted molar refractivity (Wildman–Crippen MR) is 94.6 cm³/mol. The summed E-state index contributed by atoms with van der Waals surface area (Å²) in [5.74, 6) is -0.360. The highest BCUT2D eigenvalue weighted by Gasteiger charge is 2.30. The average Bonchev–Trinajstić information content (AvgIpc) is 3.14. The highest BCUT2D eigenvalue weighted by Crippen LogP contribution is 2.35. The first-order valence-corrected chi connectivity index (χ1v) is 8.52. The van der Waals surface area contributed by atoms with Crippen molar-refractivity contribution in [1.82, 2.24) is 14.8 Å². The van der Waals surface area contributed by atoms with Gasteiger partial charge in [0.05, 0.1) is 11.3 Å². The van der Waals surface area contributed by atoms with Crippen LogP contribution < -0.4 is 9.47 Å². The van der Waals surface area contributed by atoms with E-state index in [1.807, 2.05) is 6.92 Å². The van der Waals surface area contributed by atoms with Gasteiger partial charge in [-0.25, -0.2) is 9.67 Å². The molecular weight excluding hydrogens is 416 g/mol. The number of aryl methyl sites for hydroxylation is 1. The van der Waals surface area contributed by atoms with Gasteiger partial charge in [0.25, 0.3) is 0 Å². The lowest BCUT2D eigenvalue weighted by molar-refractivity contribution is -0.154. The zero-order chi connectivity index (χ0) is 21.9. The van der Waals surface area contributed by atoms with Crippen LogP contribution in [0.1, 0.15) is 5.56 Å². The monoisotopic (exact) mass is 431 g/mol. The Labute approximate surface area is 166 Å². The standard InChI is InChI=1S/C19H15F6N3O2/c1-12-2-4-13(5-3-12)28-17(26-11-27-28)15-8-14(29-9-18(20,21)22)6-7-16(15)30-10-19(23,24)25/h2-8,11H,9-10H2,1H3. The summed E-state index contributed by atoms with van der Waals surface area (Å²) in [5.41, 5.74) is 1.52. The molecule has 5 nitrogen and oxygen atoms in total. The molecule has 1 heterocycles. The van der Waals surface area contributed by atoms with Gasteiger partial charge in [0, 0.05) is 0 Å². The number of hydrogen-bond donors (Lipinski definition) is 0. The third-order valence-corrected chi connectivity index (χ3v) is 3.81. The maximum atomic E-state index is 12.6. The van der Waals surface area contributed by atoms with Gasteiger partial charge in [0.15, 0.2) is 19.0 Å². The van der Waals surface area contributed by atoms with Crippen LogP contribution in [0.15, 0.2) is 48.8 Å². The van der Waals surface area contributed by atoms with E-state index in [2.05, 4.69) is 10.1 Å². The van der Waals surface area contributed by atoms with E-state index in [1.165, 1.54) is 11.0 Å². The van der Waals surface area contributed by atoms with E-state index in [9.17, 15) is 26.3 Å². The summed E-state index contributed by atoms with van der Waals surface area (Å²) in [7, 11) is 0. The van der Waals surface area contributed by atoms with Crippen LogP contribution in [0.3, 0.4) is 0 Å². The quantitative estimate of drug-likeness (QED) is 0.508. The number of halogens is 6. The molecule has 3 aromatic rings. The fourth-order valence-electron chi connectivity index (χ4n) is 2.52. The van der Waals surface area contributed by atoms with Crippen LogP contribution in [0.25, 0.3) is 17.1 Å². The smallest absolute Gasteiger partial charge is 0.422 e. The first kappa shape index (κ1) is 21.5. The highest BCUT2D eigenvalue weighted by atomic mass is 19.4. The molecule has 11 heteroatoms. The van der Waals surface area contributed by atoms with Crippen LogP contribution in [-0.2, 0) is 0 Å². The molecule has 0 aliphatic rings. The minimum absolute atomic E-state index is 0.00278. The summed E-state index contributed by atoms with van der Waals surface area (Å²) in [5, 5.41) is 4.06. The zero-order valence-electron chi connectivity index (χ0n) is 15.5. The lowest BCUT2D eigenvalue weighted by Crippen LogP contribution is -2.20. The first-order chi connectivity index (χ1) is 14.0. The Morgan fingerprint density at radius 3 is 2.13 bits per heavy atom. The highest BCUT2D eigenvalue weighted by molar-refractivity contribution is 5.68. The molecule has 1 aromatic heterocycles. The predicted octanol–water partition coefficient (Wildman–Crippen LogP) is 5.12. The maximum absolute atomic E-state index is 12.6. The molecule has 0 bridgehead atoms. The molecule has 0 saturated heterocycles. The molecule has 0 spiro atoms. The van der Waals surface area contributed by atoms with E-state index in [0.29, 0.717) is 5.69 Å². The number of nitrogens with zero attached hydrogens (tertiary/aromatic N) is 3. The number of ether oxygens (including phenoxy) is 2. The van der Waals surface area contributed by atoms with Crippen molar-refractivity contribution >= 4 is 0 Å². The van der Waals surface area contributed by atoms with Gasteiger partial charge in [-0.05, 0) is 37.3 Å². The lowest BCUT2D eigenvalue weighted by Gasteiger charge is -2.16. The van der Waals surface area contributed by atoms with Gasteiger partial charge >= 0.3 is 12.4 Å². The Hall–Kier alpha value is -3.24. The molecule has 0 fully saturated rings. The Morgan fingerprint density at radius 1 is 0.867 bits per heavy atom. The molecule has 30 heavy (non-hydrogen) atoms. The van der Waals surface area contributed by atoms with Gasteiger partial charge in [-0.1, -0.05) is 17.7 Å². The summed E-state index contributed by atoms with van der Waals surface area (Å²) in [6.45, 7) is -1.27. The summed E-state index contributed by atoms with van der Waals surface area (Å²) in [6, 6.07) is 10.3. The first-order valence-electron chi connectivity index (χ1n) is 8.52. The number of hydrogen-bond acceptors (Lipinski definition) is 4. The number of alkyl halides is 6. The van der Waals surface area contributed by atoms with Crippen molar-refractivity contribution < 1.29 is 35.8 Å². The molecule has 3 rings (SSSR count). The largest absolute Gasteiger partial charge is 0.484 e. The van der Waals surface area contributed by atoms with E-state index >= 15 is 0 Å². The Bertz CT molecular complexity index is 997. The third-order valence-electron chi connectivity index (χ3n) is 3.81. The lowest BCUT2D eigenvalue weighted by atomic mass is 10.1. The minimum atomic E-state index is -4.60. The molecular formula is C19H15F6N3O2. The topological polar surface area (TPSA) is 49.2 Å². The molecule has 160 valence electrons. The summed E-state index contributed by atoms with van der Waals surface area (Å²) in [4.78, 5) is 4.05. The average molecular weight is 431 g/mol. The second-order valence-electron chi connectivity index (χ2n) is 6.30. The Kier molecular flexibility index (Phi) is 5.90. The van der Waals surface area contributed by atoms with E-state index in [4.69, 9.17) is 9.47 Å². The van der Waals surface area contributed by atoms with E-state index < -0.39 is 25.6 Å². The molecule has 0 unspecified atom stereocenters. The number of benzene rings is 2. The van der Waals surface area contributed by atoms with Crippen LogP contribution in [0.2, 0.25) is 0 Å².